The summed E-state index contributed by atoms with van der Waals surface area (Å²) in [5, 5.41) is 0. The van der Waals surface area contributed by atoms with Crippen molar-refractivity contribution >= 4 is 0 Å². The Morgan fingerprint density at radius 3 is 1.64 bits per heavy atom. The first kappa shape index (κ1) is 22.2. The van der Waals surface area contributed by atoms with Crippen molar-refractivity contribution in [3.05, 3.63) is 35.9 Å². The van der Waals surface area contributed by atoms with Gasteiger partial charge in [-0.3, -0.25) is 0 Å². The molecule has 0 aromatic heterocycles. The van der Waals surface area contributed by atoms with Crippen LogP contribution in [-0.4, -0.2) is 6.04 Å². The van der Waals surface area contributed by atoms with Gasteiger partial charge >= 0.3 is 0 Å². The Kier molecular flexibility index (Phi) is 14.8. The van der Waals surface area contributed by atoms with E-state index in [0.29, 0.717) is 6.04 Å². The van der Waals surface area contributed by atoms with Crippen LogP contribution in [0.15, 0.2) is 30.3 Å². The lowest BCUT2D eigenvalue weighted by molar-refractivity contribution is 0.503. The van der Waals surface area contributed by atoms with E-state index in [1.165, 1.54) is 95.5 Å². The summed E-state index contributed by atoms with van der Waals surface area (Å²) in [6, 6.07) is 11.1. The van der Waals surface area contributed by atoms with E-state index in [9.17, 15) is 0 Å². The molecule has 0 heterocycles. The van der Waals surface area contributed by atoms with Crippen molar-refractivity contribution in [2.24, 2.45) is 5.73 Å². The molecule has 0 bridgehead atoms. The Labute approximate surface area is 157 Å². The van der Waals surface area contributed by atoms with E-state index in [1.807, 2.05) is 0 Å². The van der Waals surface area contributed by atoms with Crippen molar-refractivity contribution in [1.82, 2.24) is 0 Å². The molecule has 25 heavy (non-hydrogen) atoms. The molecule has 0 aliphatic carbocycles. The van der Waals surface area contributed by atoms with Crippen molar-refractivity contribution < 1.29 is 0 Å². The Morgan fingerprint density at radius 2 is 1.12 bits per heavy atom. The minimum absolute atomic E-state index is 0.382. The molecule has 0 aliphatic rings. The molecule has 1 heteroatoms. The van der Waals surface area contributed by atoms with E-state index in [4.69, 9.17) is 5.73 Å². The summed E-state index contributed by atoms with van der Waals surface area (Å²) in [5.74, 6) is 0. The summed E-state index contributed by atoms with van der Waals surface area (Å²) >= 11 is 0. The number of rotatable bonds is 17. The Morgan fingerprint density at radius 1 is 0.640 bits per heavy atom. The number of unbranched alkanes of at least 4 members (excludes halogenated alkanes) is 12. The highest BCUT2D eigenvalue weighted by Gasteiger charge is 2.03. The van der Waals surface area contributed by atoms with Crippen LogP contribution in [0.5, 0.6) is 0 Å². The molecule has 2 N–H and O–H groups in total. The number of hydrogen-bond acceptors (Lipinski definition) is 1. The van der Waals surface area contributed by atoms with Crippen LogP contribution in [0.25, 0.3) is 0 Å². The molecule has 0 saturated carbocycles. The van der Waals surface area contributed by atoms with Gasteiger partial charge in [-0.15, -0.1) is 0 Å². The van der Waals surface area contributed by atoms with Crippen molar-refractivity contribution in [3.8, 4) is 0 Å². The third-order valence-electron chi connectivity index (χ3n) is 5.33. The Bertz CT molecular complexity index is 373. The summed E-state index contributed by atoms with van der Waals surface area (Å²) in [6.07, 6.45) is 21.9. The van der Waals surface area contributed by atoms with Gasteiger partial charge in [0.1, 0.15) is 0 Å². The predicted molar refractivity (Wildman–Crippen MR) is 113 cm³/mol. The van der Waals surface area contributed by atoms with Crippen LogP contribution in [-0.2, 0) is 6.42 Å². The fourth-order valence-electron chi connectivity index (χ4n) is 3.57. The molecule has 1 atom stereocenters. The average molecular weight is 346 g/mol. The van der Waals surface area contributed by atoms with Crippen molar-refractivity contribution in [1.29, 1.82) is 0 Å². The third-order valence-corrected chi connectivity index (χ3v) is 5.33. The maximum atomic E-state index is 6.26. The van der Waals surface area contributed by atoms with Gasteiger partial charge in [-0.05, 0) is 24.8 Å². The molecular formula is C24H43N. The maximum Gasteiger partial charge on any atom is 0.00419 e. The molecule has 0 saturated heterocycles. The standard InChI is InChI=1S/C24H43N/c1-2-3-4-5-6-7-8-9-10-11-12-13-17-20-24(25)22-21-23-18-15-14-16-19-23/h14-16,18-19,24H,2-13,17,20-22,25H2,1H3. The highest BCUT2D eigenvalue weighted by Crippen LogP contribution is 2.14. The van der Waals surface area contributed by atoms with E-state index in [1.54, 1.807) is 0 Å². The molecule has 1 nitrogen and oxygen atoms in total. The number of nitrogens with two attached hydrogens (primary N) is 1. The average Bonchev–Trinajstić information content (AvgIpc) is 2.64. The highest BCUT2D eigenvalue weighted by molar-refractivity contribution is 5.14. The first-order valence-corrected chi connectivity index (χ1v) is 11.1. The SMILES string of the molecule is CCCCCCCCCCCCCCCC(N)CCc1ccccc1. The van der Waals surface area contributed by atoms with Crippen LogP contribution in [0.1, 0.15) is 109 Å². The normalized spacial score (nSPS) is 12.4. The second-order valence-corrected chi connectivity index (χ2v) is 7.82. The largest absolute Gasteiger partial charge is 0.328 e. The van der Waals surface area contributed by atoms with Crippen molar-refractivity contribution in [2.75, 3.05) is 0 Å². The summed E-state index contributed by atoms with van der Waals surface area (Å²) < 4.78 is 0. The predicted octanol–water partition coefficient (Wildman–Crippen LogP) is 7.43. The van der Waals surface area contributed by atoms with E-state index in [-0.39, 0.29) is 0 Å². The Balaban J connectivity index is 1.79. The topological polar surface area (TPSA) is 26.0 Å². The second kappa shape index (κ2) is 16.6. The summed E-state index contributed by atoms with van der Waals surface area (Å²) in [6.45, 7) is 2.29. The van der Waals surface area contributed by atoms with E-state index in [0.717, 1.165) is 12.8 Å². The van der Waals surface area contributed by atoms with Gasteiger partial charge in [0.25, 0.3) is 0 Å². The Hall–Kier alpha value is -0.820. The molecular weight excluding hydrogens is 302 g/mol. The molecule has 0 amide bonds. The summed E-state index contributed by atoms with van der Waals surface area (Å²) in [7, 11) is 0. The van der Waals surface area contributed by atoms with E-state index < -0.39 is 0 Å². The zero-order valence-corrected chi connectivity index (χ0v) is 16.9. The van der Waals surface area contributed by atoms with Crippen LogP contribution < -0.4 is 5.73 Å². The molecule has 0 radical (unpaired) electrons. The van der Waals surface area contributed by atoms with Gasteiger partial charge in [0, 0.05) is 6.04 Å². The third kappa shape index (κ3) is 14.1. The molecule has 1 rings (SSSR count). The first-order valence-electron chi connectivity index (χ1n) is 11.1. The second-order valence-electron chi connectivity index (χ2n) is 7.82. The molecule has 144 valence electrons. The van der Waals surface area contributed by atoms with Crippen LogP contribution in [0, 0.1) is 0 Å². The van der Waals surface area contributed by atoms with Crippen molar-refractivity contribution in [3.63, 3.8) is 0 Å². The molecule has 0 aliphatic heterocycles. The minimum Gasteiger partial charge on any atom is -0.328 e. The van der Waals surface area contributed by atoms with Crippen LogP contribution in [0.3, 0.4) is 0 Å². The molecule has 0 spiro atoms. The zero-order chi connectivity index (χ0) is 18.0. The van der Waals surface area contributed by atoms with Gasteiger partial charge in [0.2, 0.25) is 0 Å². The van der Waals surface area contributed by atoms with Gasteiger partial charge in [0.15, 0.2) is 0 Å². The highest BCUT2D eigenvalue weighted by atomic mass is 14.6. The van der Waals surface area contributed by atoms with Gasteiger partial charge < -0.3 is 5.73 Å². The van der Waals surface area contributed by atoms with Crippen LogP contribution in [0.4, 0.5) is 0 Å². The number of aryl methyl sites for hydroxylation is 1. The van der Waals surface area contributed by atoms with Crippen LogP contribution >= 0.6 is 0 Å². The van der Waals surface area contributed by atoms with Gasteiger partial charge in [-0.25, -0.2) is 0 Å². The lowest BCUT2D eigenvalue weighted by Crippen LogP contribution is -2.20. The quantitative estimate of drug-likeness (QED) is 0.292. The van der Waals surface area contributed by atoms with E-state index >= 15 is 0 Å². The zero-order valence-electron chi connectivity index (χ0n) is 16.9. The summed E-state index contributed by atoms with van der Waals surface area (Å²) in [4.78, 5) is 0. The van der Waals surface area contributed by atoms with E-state index in [2.05, 4.69) is 37.3 Å². The molecule has 1 unspecified atom stereocenters. The monoisotopic (exact) mass is 345 g/mol. The van der Waals surface area contributed by atoms with Crippen LogP contribution in [0.2, 0.25) is 0 Å². The number of benzene rings is 1. The number of hydrogen-bond donors (Lipinski definition) is 1. The minimum atomic E-state index is 0.382. The first-order chi connectivity index (χ1) is 12.3. The lowest BCUT2D eigenvalue weighted by atomic mass is 10.00. The van der Waals surface area contributed by atoms with Crippen molar-refractivity contribution in [2.45, 2.75) is 116 Å². The van der Waals surface area contributed by atoms with Gasteiger partial charge in [-0.1, -0.05) is 121 Å². The fraction of sp³-hybridized carbons (Fsp3) is 0.750. The van der Waals surface area contributed by atoms with Gasteiger partial charge in [0.05, 0.1) is 0 Å². The smallest absolute Gasteiger partial charge is 0.00419 e. The maximum absolute atomic E-state index is 6.26. The molecule has 1 aromatic rings. The molecule has 1 aromatic carbocycles. The fourth-order valence-corrected chi connectivity index (χ4v) is 3.57. The summed E-state index contributed by atoms with van der Waals surface area (Å²) in [5.41, 5.74) is 7.68. The lowest BCUT2D eigenvalue weighted by Gasteiger charge is -2.11. The molecule has 0 fully saturated rings. The van der Waals surface area contributed by atoms with Gasteiger partial charge in [-0.2, -0.15) is 0 Å².